The number of rotatable bonds is 6. The van der Waals surface area contributed by atoms with Crippen molar-refractivity contribution in [3.63, 3.8) is 0 Å². The molecule has 0 radical (unpaired) electrons. The van der Waals surface area contributed by atoms with Crippen LogP contribution >= 0.6 is 11.6 Å². The molecule has 0 saturated carbocycles. The summed E-state index contributed by atoms with van der Waals surface area (Å²) < 4.78 is 15.2. The van der Waals surface area contributed by atoms with Crippen LogP contribution in [0.25, 0.3) is 0 Å². The smallest absolute Gasteiger partial charge is 0.338 e. The lowest BCUT2D eigenvalue weighted by molar-refractivity contribution is -0.119. The maximum absolute atomic E-state index is 12.0. The van der Waals surface area contributed by atoms with Crippen molar-refractivity contribution in [1.29, 1.82) is 0 Å². The molecule has 0 fully saturated rings. The number of halogens is 1. The van der Waals surface area contributed by atoms with Crippen molar-refractivity contribution < 1.29 is 23.8 Å². The largest absolute Gasteiger partial charge is 0.493 e. The van der Waals surface area contributed by atoms with Crippen LogP contribution in [0.2, 0.25) is 5.15 Å². The molecule has 0 aliphatic heterocycles. The van der Waals surface area contributed by atoms with Gasteiger partial charge in [-0.25, -0.2) is 9.78 Å². The number of carbonyl (C=O) groups is 2. The molecule has 1 amide bonds. The Morgan fingerprint density at radius 2 is 1.92 bits per heavy atom. The molecule has 0 spiro atoms. The number of hydrogen-bond acceptors (Lipinski definition) is 6. The second-order valence-corrected chi connectivity index (χ2v) is 4.89. The van der Waals surface area contributed by atoms with Gasteiger partial charge in [0, 0.05) is 6.20 Å². The number of esters is 1. The predicted octanol–water partition coefficient (Wildman–Crippen LogP) is 2.55. The van der Waals surface area contributed by atoms with Gasteiger partial charge in [-0.1, -0.05) is 11.6 Å². The molecule has 126 valence electrons. The van der Waals surface area contributed by atoms with Gasteiger partial charge >= 0.3 is 5.97 Å². The zero-order chi connectivity index (χ0) is 17.5. The SMILES string of the molecule is COc1ccc(C(=O)OCC(=O)Nc2cccnc2Cl)cc1OC. The van der Waals surface area contributed by atoms with Crippen molar-refractivity contribution in [3.8, 4) is 11.5 Å². The maximum Gasteiger partial charge on any atom is 0.338 e. The van der Waals surface area contributed by atoms with Crippen LogP contribution in [-0.2, 0) is 9.53 Å². The van der Waals surface area contributed by atoms with Crippen LogP contribution < -0.4 is 14.8 Å². The van der Waals surface area contributed by atoms with E-state index in [1.54, 1.807) is 18.2 Å². The Labute approximate surface area is 143 Å². The Bertz CT molecular complexity index is 751. The molecule has 24 heavy (non-hydrogen) atoms. The number of aromatic nitrogens is 1. The molecule has 1 N–H and O–H groups in total. The van der Waals surface area contributed by atoms with E-state index >= 15 is 0 Å². The monoisotopic (exact) mass is 350 g/mol. The summed E-state index contributed by atoms with van der Waals surface area (Å²) in [7, 11) is 2.95. The first-order valence-corrected chi connectivity index (χ1v) is 7.22. The highest BCUT2D eigenvalue weighted by molar-refractivity contribution is 6.32. The number of nitrogens with zero attached hydrogens (tertiary/aromatic N) is 1. The number of carbonyl (C=O) groups excluding carboxylic acids is 2. The molecule has 8 heteroatoms. The fraction of sp³-hybridized carbons (Fsp3) is 0.188. The average Bonchev–Trinajstić information content (AvgIpc) is 2.61. The van der Waals surface area contributed by atoms with Crippen LogP contribution in [0.5, 0.6) is 11.5 Å². The van der Waals surface area contributed by atoms with Gasteiger partial charge in [0.15, 0.2) is 23.3 Å². The molecule has 2 aromatic rings. The van der Waals surface area contributed by atoms with E-state index in [1.807, 2.05) is 0 Å². The fourth-order valence-electron chi connectivity index (χ4n) is 1.84. The first-order chi connectivity index (χ1) is 11.5. The summed E-state index contributed by atoms with van der Waals surface area (Å²) in [6.07, 6.45) is 1.50. The van der Waals surface area contributed by atoms with Crippen molar-refractivity contribution in [2.45, 2.75) is 0 Å². The molecule has 0 aliphatic carbocycles. The Morgan fingerprint density at radius 1 is 1.17 bits per heavy atom. The topological polar surface area (TPSA) is 86.8 Å². The Morgan fingerprint density at radius 3 is 2.58 bits per heavy atom. The molecule has 1 aromatic carbocycles. The van der Waals surface area contributed by atoms with Gasteiger partial charge in [-0.15, -0.1) is 0 Å². The van der Waals surface area contributed by atoms with Crippen LogP contribution in [0.3, 0.4) is 0 Å². The molecule has 0 aliphatic rings. The summed E-state index contributed by atoms with van der Waals surface area (Å²) in [6.45, 7) is -0.460. The third-order valence-corrected chi connectivity index (χ3v) is 3.29. The van der Waals surface area contributed by atoms with Crippen LogP contribution in [0.15, 0.2) is 36.5 Å². The molecule has 0 unspecified atom stereocenters. The fourth-order valence-corrected chi connectivity index (χ4v) is 2.01. The molecular formula is C16H15ClN2O5. The highest BCUT2D eigenvalue weighted by Gasteiger charge is 2.14. The number of methoxy groups -OCH3 is 2. The molecule has 0 bridgehead atoms. The summed E-state index contributed by atoms with van der Waals surface area (Å²) in [5.74, 6) is -0.321. The standard InChI is InChI=1S/C16H15ClN2O5/c1-22-12-6-5-10(8-13(12)23-2)16(21)24-9-14(20)19-11-4-3-7-18-15(11)17/h3-8H,9H2,1-2H3,(H,19,20). The van der Waals surface area contributed by atoms with E-state index in [-0.39, 0.29) is 10.7 Å². The van der Waals surface area contributed by atoms with E-state index < -0.39 is 18.5 Å². The summed E-state index contributed by atoms with van der Waals surface area (Å²) in [5, 5.41) is 2.65. The first kappa shape index (κ1) is 17.6. The molecule has 0 saturated heterocycles. The van der Waals surface area contributed by atoms with Gasteiger partial charge in [-0.05, 0) is 30.3 Å². The lowest BCUT2D eigenvalue weighted by atomic mass is 10.2. The van der Waals surface area contributed by atoms with Gasteiger partial charge in [0.1, 0.15) is 0 Å². The van der Waals surface area contributed by atoms with Crippen LogP contribution in [0.1, 0.15) is 10.4 Å². The van der Waals surface area contributed by atoms with Crippen LogP contribution in [0, 0.1) is 0 Å². The van der Waals surface area contributed by atoms with Gasteiger partial charge < -0.3 is 19.5 Å². The number of benzene rings is 1. The molecule has 2 rings (SSSR count). The molecule has 7 nitrogen and oxygen atoms in total. The maximum atomic E-state index is 12.0. The van der Waals surface area contributed by atoms with Crippen molar-refractivity contribution in [3.05, 3.63) is 47.2 Å². The van der Waals surface area contributed by atoms with E-state index in [0.717, 1.165) is 0 Å². The number of anilines is 1. The number of pyridine rings is 1. The molecular weight excluding hydrogens is 336 g/mol. The number of ether oxygens (including phenoxy) is 3. The van der Waals surface area contributed by atoms with Crippen LogP contribution in [0.4, 0.5) is 5.69 Å². The van der Waals surface area contributed by atoms with E-state index in [1.165, 1.54) is 32.5 Å². The number of amides is 1. The minimum Gasteiger partial charge on any atom is -0.493 e. The zero-order valence-electron chi connectivity index (χ0n) is 13.0. The van der Waals surface area contributed by atoms with Crippen molar-refractivity contribution >= 4 is 29.2 Å². The number of hydrogen-bond donors (Lipinski definition) is 1. The Kier molecular flexibility index (Phi) is 5.97. The van der Waals surface area contributed by atoms with E-state index in [9.17, 15) is 9.59 Å². The Hall–Kier alpha value is -2.80. The highest BCUT2D eigenvalue weighted by atomic mass is 35.5. The number of nitrogens with one attached hydrogen (secondary N) is 1. The third-order valence-electron chi connectivity index (χ3n) is 2.99. The Balaban J connectivity index is 1.95. The van der Waals surface area contributed by atoms with Gasteiger partial charge in [0.05, 0.1) is 25.5 Å². The quantitative estimate of drug-likeness (QED) is 0.636. The summed E-state index contributed by atoms with van der Waals surface area (Å²) in [6, 6.07) is 7.77. The molecule has 1 heterocycles. The van der Waals surface area contributed by atoms with Gasteiger partial charge in [0.2, 0.25) is 0 Å². The van der Waals surface area contributed by atoms with Gasteiger partial charge in [-0.3, -0.25) is 4.79 Å². The van der Waals surface area contributed by atoms with E-state index in [0.29, 0.717) is 17.2 Å². The zero-order valence-corrected chi connectivity index (χ0v) is 13.8. The van der Waals surface area contributed by atoms with Crippen LogP contribution in [-0.4, -0.2) is 37.7 Å². The van der Waals surface area contributed by atoms with Crippen molar-refractivity contribution in [2.75, 3.05) is 26.1 Å². The predicted molar refractivity (Wildman–Crippen MR) is 87.7 cm³/mol. The van der Waals surface area contributed by atoms with E-state index in [2.05, 4.69) is 10.3 Å². The minimum absolute atomic E-state index is 0.150. The third kappa shape index (κ3) is 4.36. The lowest BCUT2D eigenvalue weighted by Gasteiger charge is -2.10. The first-order valence-electron chi connectivity index (χ1n) is 6.84. The molecule has 0 atom stereocenters. The minimum atomic E-state index is -0.664. The van der Waals surface area contributed by atoms with Crippen molar-refractivity contribution in [2.24, 2.45) is 0 Å². The van der Waals surface area contributed by atoms with Gasteiger partial charge in [-0.2, -0.15) is 0 Å². The van der Waals surface area contributed by atoms with E-state index in [4.69, 9.17) is 25.8 Å². The van der Waals surface area contributed by atoms with Gasteiger partial charge in [0.25, 0.3) is 5.91 Å². The summed E-state index contributed by atoms with van der Waals surface area (Å²) in [5.41, 5.74) is 0.575. The normalized spacial score (nSPS) is 9.96. The summed E-state index contributed by atoms with van der Waals surface area (Å²) >= 11 is 5.83. The lowest BCUT2D eigenvalue weighted by Crippen LogP contribution is -2.21. The molecule has 1 aromatic heterocycles. The highest BCUT2D eigenvalue weighted by Crippen LogP contribution is 2.27. The second kappa shape index (κ2) is 8.16. The summed E-state index contributed by atoms with van der Waals surface area (Å²) in [4.78, 5) is 27.6. The second-order valence-electron chi connectivity index (χ2n) is 4.54. The van der Waals surface area contributed by atoms with Crippen molar-refractivity contribution in [1.82, 2.24) is 4.98 Å². The average molecular weight is 351 g/mol.